The molecule has 2 aromatic carbocycles. The number of ether oxygens (including phenoxy) is 2. The van der Waals surface area contributed by atoms with Gasteiger partial charge in [-0.25, -0.2) is 0 Å². The third kappa shape index (κ3) is 5.73. The lowest BCUT2D eigenvalue weighted by Gasteiger charge is -2.14. The number of rotatable bonds is 8. The van der Waals surface area contributed by atoms with Gasteiger partial charge in [-0.05, 0) is 66.3 Å². The Bertz CT molecular complexity index is 961. The number of ketones is 1. The lowest BCUT2D eigenvalue weighted by molar-refractivity contribution is -0.121. The molecule has 2 aromatic rings. The maximum absolute atomic E-state index is 11.2. The molecule has 0 radical (unpaired) electrons. The summed E-state index contributed by atoms with van der Waals surface area (Å²) in [7, 11) is 3.28. The summed E-state index contributed by atoms with van der Waals surface area (Å²) in [6.07, 6.45) is 1.55. The molecular weight excluding hydrogens is 364 g/mol. The lowest BCUT2D eigenvalue weighted by Crippen LogP contribution is -2.02. The minimum absolute atomic E-state index is 0.161. The molecule has 0 unspecified atom stereocenters. The van der Waals surface area contributed by atoms with Crippen molar-refractivity contribution in [3.63, 3.8) is 0 Å². The predicted molar refractivity (Wildman–Crippen MR) is 116 cm³/mol. The van der Waals surface area contributed by atoms with Crippen LogP contribution in [0.15, 0.2) is 36.9 Å². The van der Waals surface area contributed by atoms with Crippen LogP contribution in [0.5, 0.6) is 11.5 Å². The summed E-state index contributed by atoms with van der Waals surface area (Å²) in [6.45, 7) is 7.96. The van der Waals surface area contributed by atoms with Gasteiger partial charge in [0.1, 0.15) is 18.1 Å². The molecule has 2 rings (SSSR count). The van der Waals surface area contributed by atoms with Crippen molar-refractivity contribution in [1.82, 2.24) is 0 Å². The number of aliphatic hydroxyl groups is 1. The van der Waals surface area contributed by atoms with E-state index < -0.39 is 6.61 Å². The normalized spacial score (nSPS) is 10.1. The minimum Gasteiger partial charge on any atom is -0.496 e. The Morgan fingerprint density at radius 2 is 1.79 bits per heavy atom. The third-order valence-electron chi connectivity index (χ3n) is 4.89. The first-order valence-corrected chi connectivity index (χ1v) is 9.55. The number of aryl methyl sites for hydroxylation is 1. The Hall–Kier alpha value is -3.03. The van der Waals surface area contributed by atoms with Crippen LogP contribution in [-0.2, 0) is 4.79 Å². The molecule has 0 aliphatic heterocycles. The van der Waals surface area contributed by atoms with Gasteiger partial charge in [-0.3, -0.25) is 4.79 Å². The van der Waals surface area contributed by atoms with Crippen molar-refractivity contribution in [2.24, 2.45) is 0 Å². The zero-order valence-corrected chi connectivity index (χ0v) is 17.6. The van der Waals surface area contributed by atoms with E-state index >= 15 is 0 Å². The van der Waals surface area contributed by atoms with Gasteiger partial charge < -0.3 is 14.6 Å². The first-order valence-electron chi connectivity index (χ1n) is 9.55. The smallest absolute Gasteiger partial charge is 0.158 e. The van der Waals surface area contributed by atoms with Gasteiger partial charge in [-0.2, -0.15) is 0 Å². The molecular formula is C25H28O4. The fourth-order valence-electron chi connectivity index (χ4n) is 2.98. The standard InChI is InChI=1S/C25H28O4/c1-17-13-22(15-25(29-5)18(17)2)19(3)20-11-12-24(28-4)21(14-20)9-7-6-8-10-23(27)16-26/h11-15,26H,3,6,8,10,16H2,1-2,4-5H3. The quantitative estimate of drug-likeness (QED) is 0.532. The number of carbonyl (C=O) groups excluding carboxylic acids is 1. The highest BCUT2D eigenvalue weighted by Crippen LogP contribution is 2.31. The molecule has 1 N–H and O–H groups in total. The first kappa shape index (κ1) is 22.3. The number of carbonyl (C=O) groups is 1. The summed E-state index contributed by atoms with van der Waals surface area (Å²) in [5.41, 5.74) is 5.87. The maximum Gasteiger partial charge on any atom is 0.158 e. The van der Waals surface area contributed by atoms with E-state index in [1.807, 2.05) is 31.2 Å². The summed E-state index contributed by atoms with van der Waals surface area (Å²) < 4.78 is 10.9. The number of benzene rings is 2. The van der Waals surface area contributed by atoms with Crippen LogP contribution >= 0.6 is 0 Å². The molecule has 4 heteroatoms. The molecule has 152 valence electrons. The van der Waals surface area contributed by atoms with E-state index in [1.165, 1.54) is 0 Å². The van der Waals surface area contributed by atoms with Crippen LogP contribution in [0.2, 0.25) is 0 Å². The Kier molecular flexibility index (Phi) is 8.06. The van der Waals surface area contributed by atoms with Gasteiger partial charge in [0.05, 0.1) is 19.8 Å². The zero-order valence-electron chi connectivity index (χ0n) is 17.6. The van der Waals surface area contributed by atoms with Crippen LogP contribution < -0.4 is 9.47 Å². The van der Waals surface area contributed by atoms with Crippen molar-refractivity contribution in [2.45, 2.75) is 33.1 Å². The van der Waals surface area contributed by atoms with Gasteiger partial charge in [-0.1, -0.05) is 30.6 Å². The van der Waals surface area contributed by atoms with E-state index in [1.54, 1.807) is 14.2 Å². The highest BCUT2D eigenvalue weighted by molar-refractivity contribution is 5.80. The van der Waals surface area contributed by atoms with Crippen molar-refractivity contribution in [3.05, 3.63) is 64.7 Å². The topological polar surface area (TPSA) is 55.8 Å². The van der Waals surface area contributed by atoms with Crippen LogP contribution in [0.4, 0.5) is 0 Å². The summed E-state index contributed by atoms with van der Waals surface area (Å²) in [5.74, 6) is 7.59. The van der Waals surface area contributed by atoms with Crippen LogP contribution in [-0.4, -0.2) is 31.7 Å². The number of methoxy groups -OCH3 is 2. The fraction of sp³-hybridized carbons (Fsp3) is 0.320. The zero-order chi connectivity index (χ0) is 21.4. The van der Waals surface area contributed by atoms with E-state index in [9.17, 15) is 4.79 Å². The van der Waals surface area contributed by atoms with Crippen molar-refractivity contribution in [1.29, 1.82) is 0 Å². The summed E-state index contributed by atoms with van der Waals surface area (Å²) in [6, 6.07) is 9.92. The summed E-state index contributed by atoms with van der Waals surface area (Å²) in [5, 5.41) is 8.76. The number of aliphatic hydroxyl groups excluding tert-OH is 1. The summed E-state index contributed by atoms with van der Waals surface area (Å²) in [4.78, 5) is 11.2. The van der Waals surface area contributed by atoms with Gasteiger partial charge in [0.25, 0.3) is 0 Å². The maximum atomic E-state index is 11.2. The van der Waals surface area contributed by atoms with Gasteiger partial charge in [0.2, 0.25) is 0 Å². The number of hydrogen-bond donors (Lipinski definition) is 1. The molecule has 0 saturated heterocycles. The highest BCUT2D eigenvalue weighted by atomic mass is 16.5. The fourth-order valence-corrected chi connectivity index (χ4v) is 2.98. The van der Waals surface area contributed by atoms with Gasteiger partial charge >= 0.3 is 0 Å². The number of Topliss-reactive ketones (excluding diaryl/α,β-unsaturated/α-hetero) is 1. The molecule has 0 atom stereocenters. The highest BCUT2D eigenvalue weighted by Gasteiger charge is 2.11. The average Bonchev–Trinajstić information content (AvgIpc) is 2.74. The van der Waals surface area contributed by atoms with Crippen molar-refractivity contribution >= 4 is 11.4 Å². The number of unbranched alkanes of at least 4 members (excludes halogenated alkanes) is 1. The van der Waals surface area contributed by atoms with E-state index in [0.29, 0.717) is 25.0 Å². The molecule has 0 amide bonds. The van der Waals surface area contributed by atoms with Crippen molar-refractivity contribution < 1.29 is 19.4 Å². The van der Waals surface area contributed by atoms with Crippen LogP contribution in [0.25, 0.3) is 5.57 Å². The Balaban J connectivity index is 2.27. The Morgan fingerprint density at radius 1 is 1.07 bits per heavy atom. The number of hydrogen-bond acceptors (Lipinski definition) is 4. The van der Waals surface area contributed by atoms with Gasteiger partial charge in [0, 0.05) is 12.8 Å². The van der Waals surface area contributed by atoms with E-state index in [-0.39, 0.29) is 5.78 Å². The molecule has 0 aromatic heterocycles. The molecule has 0 spiro atoms. The Morgan fingerprint density at radius 3 is 2.45 bits per heavy atom. The second-order valence-corrected chi connectivity index (χ2v) is 6.87. The largest absolute Gasteiger partial charge is 0.496 e. The van der Waals surface area contributed by atoms with E-state index in [4.69, 9.17) is 14.6 Å². The second kappa shape index (κ2) is 10.5. The summed E-state index contributed by atoms with van der Waals surface area (Å²) >= 11 is 0. The first-order chi connectivity index (χ1) is 13.9. The van der Waals surface area contributed by atoms with Crippen LogP contribution in [0.3, 0.4) is 0 Å². The minimum atomic E-state index is -0.408. The lowest BCUT2D eigenvalue weighted by atomic mass is 9.94. The molecule has 4 nitrogen and oxygen atoms in total. The van der Waals surface area contributed by atoms with E-state index in [2.05, 4.69) is 31.4 Å². The molecule has 0 bridgehead atoms. The second-order valence-electron chi connectivity index (χ2n) is 6.87. The molecule has 29 heavy (non-hydrogen) atoms. The van der Waals surface area contributed by atoms with E-state index in [0.717, 1.165) is 39.1 Å². The van der Waals surface area contributed by atoms with Crippen molar-refractivity contribution in [2.75, 3.05) is 20.8 Å². The monoisotopic (exact) mass is 392 g/mol. The molecule has 0 aliphatic rings. The van der Waals surface area contributed by atoms with Crippen LogP contribution in [0.1, 0.15) is 47.1 Å². The molecule has 0 aliphatic carbocycles. The molecule has 0 heterocycles. The molecule has 0 fully saturated rings. The predicted octanol–water partition coefficient (Wildman–Crippen LogP) is 4.47. The van der Waals surface area contributed by atoms with Gasteiger partial charge in [0.15, 0.2) is 5.78 Å². The Labute approximate surface area is 173 Å². The molecule has 0 saturated carbocycles. The van der Waals surface area contributed by atoms with Crippen molar-refractivity contribution in [3.8, 4) is 23.3 Å². The third-order valence-corrected chi connectivity index (χ3v) is 4.89. The van der Waals surface area contributed by atoms with Crippen LogP contribution in [0, 0.1) is 25.7 Å². The average molecular weight is 392 g/mol. The van der Waals surface area contributed by atoms with Gasteiger partial charge in [-0.15, -0.1) is 0 Å². The SMILES string of the molecule is C=C(c1ccc(OC)c(C#CCCCC(=O)CO)c1)c1cc(C)c(C)c(OC)c1.